The Labute approximate surface area is 200 Å². The number of carbonyl (C=O) groups excluding carboxylic acids is 1. The molecule has 0 spiro atoms. The molecule has 11 heteroatoms. The summed E-state index contributed by atoms with van der Waals surface area (Å²) in [5.41, 5.74) is -1.81. The van der Waals surface area contributed by atoms with Crippen LogP contribution in [0.3, 0.4) is 0 Å². The van der Waals surface area contributed by atoms with Crippen LogP contribution in [0.15, 0.2) is 41.2 Å². The first kappa shape index (κ1) is 25.4. The van der Waals surface area contributed by atoms with E-state index in [1.54, 1.807) is 6.07 Å². The summed E-state index contributed by atoms with van der Waals surface area (Å²) in [6.07, 6.45) is -4.21. The number of aromatic amines is 1. The quantitative estimate of drug-likeness (QED) is 0.567. The molecule has 2 fully saturated rings. The van der Waals surface area contributed by atoms with Crippen LogP contribution in [0.5, 0.6) is 0 Å². The zero-order chi connectivity index (χ0) is 25.1. The minimum absolute atomic E-state index is 0.0111. The predicted octanol–water partition coefficient (Wildman–Crippen LogP) is 2.02. The SMILES string of the molecule is O=C(NCC1COCCO1)c1ccc(CN2CCC(O)(c3cccc(C(F)(F)F)c3)CC2)[nH]c1=O. The Hall–Kier alpha value is -2.73. The first-order valence-electron chi connectivity index (χ1n) is 11.5. The number of carbonyl (C=O) groups is 1. The second-order valence-electron chi connectivity index (χ2n) is 8.89. The van der Waals surface area contributed by atoms with E-state index in [9.17, 15) is 27.9 Å². The van der Waals surface area contributed by atoms with Crippen molar-refractivity contribution in [3.05, 3.63) is 69.1 Å². The van der Waals surface area contributed by atoms with Gasteiger partial charge < -0.3 is 24.9 Å². The van der Waals surface area contributed by atoms with Crippen molar-refractivity contribution < 1.29 is 32.5 Å². The maximum atomic E-state index is 13.0. The highest BCUT2D eigenvalue weighted by molar-refractivity contribution is 5.93. The Kier molecular flexibility index (Phi) is 7.60. The van der Waals surface area contributed by atoms with Crippen molar-refractivity contribution in [2.24, 2.45) is 0 Å². The van der Waals surface area contributed by atoms with Gasteiger partial charge in [0.1, 0.15) is 5.56 Å². The zero-order valence-electron chi connectivity index (χ0n) is 19.1. The maximum absolute atomic E-state index is 13.0. The summed E-state index contributed by atoms with van der Waals surface area (Å²) >= 11 is 0. The van der Waals surface area contributed by atoms with E-state index in [1.807, 2.05) is 4.90 Å². The van der Waals surface area contributed by atoms with Crippen LogP contribution >= 0.6 is 0 Å². The Morgan fingerprint density at radius 3 is 2.63 bits per heavy atom. The molecule has 1 aromatic heterocycles. The number of ether oxygens (including phenoxy) is 2. The number of hydrogen-bond acceptors (Lipinski definition) is 6. The van der Waals surface area contributed by atoms with Gasteiger partial charge in [-0.05, 0) is 42.7 Å². The van der Waals surface area contributed by atoms with Crippen LogP contribution in [0.1, 0.15) is 40.0 Å². The maximum Gasteiger partial charge on any atom is 0.416 e. The minimum Gasteiger partial charge on any atom is -0.385 e. The fourth-order valence-electron chi connectivity index (χ4n) is 4.34. The number of alkyl halides is 3. The highest BCUT2D eigenvalue weighted by atomic mass is 19.4. The highest BCUT2D eigenvalue weighted by Gasteiger charge is 2.37. The van der Waals surface area contributed by atoms with Gasteiger partial charge in [-0.3, -0.25) is 14.5 Å². The summed E-state index contributed by atoms with van der Waals surface area (Å²) in [6, 6.07) is 7.93. The zero-order valence-corrected chi connectivity index (χ0v) is 19.1. The molecule has 0 aliphatic carbocycles. The van der Waals surface area contributed by atoms with Gasteiger partial charge in [0.15, 0.2) is 0 Å². The predicted molar refractivity (Wildman–Crippen MR) is 120 cm³/mol. The third-order valence-electron chi connectivity index (χ3n) is 6.39. The van der Waals surface area contributed by atoms with E-state index >= 15 is 0 Å². The monoisotopic (exact) mass is 495 g/mol. The van der Waals surface area contributed by atoms with Crippen molar-refractivity contribution >= 4 is 5.91 Å². The van der Waals surface area contributed by atoms with E-state index in [2.05, 4.69) is 10.3 Å². The number of benzene rings is 1. The van der Waals surface area contributed by atoms with Gasteiger partial charge in [-0.25, -0.2) is 0 Å². The molecule has 1 unspecified atom stereocenters. The van der Waals surface area contributed by atoms with Gasteiger partial charge in [0.2, 0.25) is 0 Å². The van der Waals surface area contributed by atoms with Crippen LogP contribution in [-0.2, 0) is 27.8 Å². The molecule has 3 heterocycles. The van der Waals surface area contributed by atoms with Crippen LogP contribution in [0, 0.1) is 0 Å². The average molecular weight is 495 g/mol. The second kappa shape index (κ2) is 10.5. The van der Waals surface area contributed by atoms with E-state index in [4.69, 9.17) is 9.47 Å². The molecule has 190 valence electrons. The van der Waals surface area contributed by atoms with Crippen LogP contribution in [0.2, 0.25) is 0 Å². The van der Waals surface area contributed by atoms with Crippen LogP contribution in [0.4, 0.5) is 13.2 Å². The van der Waals surface area contributed by atoms with Crippen LogP contribution < -0.4 is 10.9 Å². The Balaban J connectivity index is 1.32. The van der Waals surface area contributed by atoms with Gasteiger partial charge in [0.05, 0.1) is 37.1 Å². The smallest absolute Gasteiger partial charge is 0.385 e. The van der Waals surface area contributed by atoms with E-state index in [0.29, 0.717) is 45.1 Å². The van der Waals surface area contributed by atoms with Gasteiger partial charge in [-0.2, -0.15) is 13.2 Å². The number of halogens is 3. The normalized spacial score (nSPS) is 21.0. The van der Waals surface area contributed by atoms with Gasteiger partial charge in [0, 0.05) is 31.9 Å². The number of hydrogen-bond donors (Lipinski definition) is 3. The Bertz CT molecular complexity index is 1090. The topological polar surface area (TPSA) is 104 Å². The lowest BCUT2D eigenvalue weighted by Crippen LogP contribution is -2.42. The molecule has 2 aliphatic heterocycles. The number of amides is 1. The number of aliphatic hydroxyl groups is 1. The molecule has 8 nitrogen and oxygen atoms in total. The number of aromatic nitrogens is 1. The van der Waals surface area contributed by atoms with Gasteiger partial charge in [0.25, 0.3) is 11.5 Å². The molecule has 2 aliphatic rings. The minimum atomic E-state index is -4.47. The standard InChI is InChI=1S/C24H28F3N3O5/c25-24(26,27)17-3-1-2-16(12-17)23(33)6-8-30(9-7-23)14-18-4-5-20(22(32)29-18)21(31)28-13-19-15-34-10-11-35-19/h1-5,12,19,33H,6-11,13-15H2,(H,28,31)(H,29,32). The second-order valence-corrected chi connectivity index (χ2v) is 8.89. The van der Waals surface area contributed by atoms with Gasteiger partial charge in [-0.15, -0.1) is 0 Å². The molecule has 2 saturated heterocycles. The first-order valence-corrected chi connectivity index (χ1v) is 11.5. The largest absolute Gasteiger partial charge is 0.416 e. The van der Waals surface area contributed by atoms with Crippen molar-refractivity contribution in [1.29, 1.82) is 0 Å². The van der Waals surface area contributed by atoms with E-state index in [0.717, 1.165) is 12.1 Å². The molecular weight excluding hydrogens is 467 g/mol. The van der Waals surface area contributed by atoms with Crippen molar-refractivity contribution in [3.8, 4) is 0 Å². The molecule has 1 amide bonds. The number of rotatable bonds is 6. The summed E-state index contributed by atoms with van der Waals surface area (Å²) in [4.78, 5) is 29.5. The lowest BCUT2D eigenvalue weighted by Gasteiger charge is -2.38. The molecule has 1 aromatic carbocycles. The molecule has 4 rings (SSSR count). The average Bonchev–Trinajstić information content (AvgIpc) is 2.84. The van der Waals surface area contributed by atoms with Crippen LogP contribution in [-0.4, -0.2) is 66.5 Å². The fraction of sp³-hybridized carbons (Fsp3) is 0.500. The lowest BCUT2D eigenvalue weighted by molar-refractivity contribution is -0.137. The van der Waals surface area contributed by atoms with Crippen molar-refractivity contribution in [2.75, 3.05) is 39.5 Å². The molecule has 0 bridgehead atoms. The molecule has 35 heavy (non-hydrogen) atoms. The summed E-state index contributed by atoms with van der Waals surface area (Å²) in [5.74, 6) is -0.504. The summed E-state index contributed by atoms with van der Waals surface area (Å²) in [7, 11) is 0. The number of likely N-dealkylation sites (tertiary alicyclic amines) is 1. The lowest BCUT2D eigenvalue weighted by atomic mass is 9.83. The fourth-order valence-corrected chi connectivity index (χ4v) is 4.34. The van der Waals surface area contributed by atoms with E-state index in [1.165, 1.54) is 18.2 Å². The number of nitrogens with one attached hydrogen (secondary N) is 2. The Morgan fingerprint density at radius 2 is 1.97 bits per heavy atom. The molecule has 3 N–H and O–H groups in total. The van der Waals surface area contributed by atoms with E-state index in [-0.39, 0.29) is 36.6 Å². The van der Waals surface area contributed by atoms with Gasteiger partial charge in [-0.1, -0.05) is 12.1 Å². The summed E-state index contributed by atoms with van der Waals surface area (Å²) in [6.45, 7) is 2.84. The van der Waals surface area contributed by atoms with Crippen molar-refractivity contribution in [2.45, 2.75) is 37.3 Å². The molecule has 2 aromatic rings. The highest BCUT2D eigenvalue weighted by Crippen LogP contribution is 2.36. The first-order chi connectivity index (χ1) is 16.6. The molecule has 0 saturated carbocycles. The van der Waals surface area contributed by atoms with Crippen molar-refractivity contribution in [3.63, 3.8) is 0 Å². The number of piperidine rings is 1. The van der Waals surface area contributed by atoms with Gasteiger partial charge >= 0.3 is 6.18 Å². The molecule has 1 atom stereocenters. The third-order valence-corrected chi connectivity index (χ3v) is 6.39. The number of nitrogens with zero attached hydrogens (tertiary/aromatic N) is 1. The Morgan fingerprint density at radius 1 is 1.20 bits per heavy atom. The van der Waals surface area contributed by atoms with E-state index < -0.39 is 28.8 Å². The summed E-state index contributed by atoms with van der Waals surface area (Å²) < 4.78 is 49.9. The van der Waals surface area contributed by atoms with Crippen molar-refractivity contribution in [1.82, 2.24) is 15.2 Å². The molecular formula is C24H28F3N3O5. The number of pyridine rings is 1. The third kappa shape index (κ3) is 6.29. The summed E-state index contributed by atoms with van der Waals surface area (Å²) in [5, 5.41) is 13.7. The number of H-pyrrole nitrogens is 1. The van der Waals surface area contributed by atoms with Crippen LogP contribution in [0.25, 0.3) is 0 Å². The molecule has 0 radical (unpaired) electrons.